The number of rotatable bonds is 7. The summed E-state index contributed by atoms with van der Waals surface area (Å²) >= 11 is 0. The molecular weight excluding hydrogens is 422 g/mol. The number of aromatic nitrogens is 1. The lowest BCUT2D eigenvalue weighted by Gasteiger charge is -2.15. The van der Waals surface area contributed by atoms with Gasteiger partial charge in [-0.2, -0.15) is 10.5 Å². The van der Waals surface area contributed by atoms with Crippen LogP contribution >= 0.6 is 0 Å². The highest BCUT2D eigenvalue weighted by Gasteiger charge is 2.20. The summed E-state index contributed by atoms with van der Waals surface area (Å²) in [6.45, 7) is 3.68. The lowest BCUT2D eigenvalue weighted by Crippen LogP contribution is -2.21. The molecule has 1 amide bonds. The Kier molecular flexibility index (Phi) is 6.97. The number of aromatic amines is 1. The van der Waals surface area contributed by atoms with Gasteiger partial charge >= 0.3 is 0 Å². The average molecular weight is 443 g/mol. The number of pyridine rings is 1. The Bertz CT molecular complexity index is 1350. The molecule has 0 atom stereocenters. The van der Waals surface area contributed by atoms with Crippen LogP contribution < -0.4 is 26.1 Å². The van der Waals surface area contributed by atoms with E-state index in [1.807, 2.05) is 37.3 Å². The van der Waals surface area contributed by atoms with Crippen LogP contribution in [-0.2, 0) is 4.79 Å². The van der Waals surface area contributed by atoms with Gasteiger partial charge in [0.1, 0.15) is 29.1 Å². The van der Waals surface area contributed by atoms with Crippen molar-refractivity contribution in [2.75, 3.05) is 24.3 Å². The maximum absolute atomic E-state index is 12.3. The predicted octanol–water partition coefficient (Wildman–Crippen LogP) is 3.09. The number of nitrogens with zero attached hydrogens (tertiary/aromatic N) is 2. The molecule has 166 valence electrons. The molecule has 9 nitrogen and oxygen atoms in total. The van der Waals surface area contributed by atoms with Gasteiger partial charge in [0, 0.05) is 11.3 Å². The van der Waals surface area contributed by atoms with E-state index in [0.29, 0.717) is 17.9 Å². The molecule has 0 radical (unpaired) electrons. The molecule has 0 spiro atoms. The molecule has 1 heterocycles. The Morgan fingerprint density at radius 2 is 1.82 bits per heavy atom. The van der Waals surface area contributed by atoms with Gasteiger partial charge in [-0.3, -0.25) is 9.59 Å². The molecule has 3 aromatic rings. The van der Waals surface area contributed by atoms with Crippen LogP contribution in [0.25, 0.3) is 11.1 Å². The Hall–Kier alpha value is -4.76. The zero-order valence-electron chi connectivity index (χ0n) is 18.1. The van der Waals surface area contributed by atoms with Gasteiger partial charge in [0.15, 0.2) is 18.1 Å². The number of ether oxygens (including phenoxy) is 2. The number of benzene rings is 2. The van der Waals surface area contributed by atoms with Gasteiger partial charge in [-0.15, -0.1) is 0 Å². The molecule has 1 aromatic heterocycles. The largest absolute Gasteiger partial charge is 0.490 e. The first-order valence-electron chi connectivity index (χ1n) is 10.0. The van der Waals surface area contributed by atoms with Crippen LogP contribution in [0.4, 0.5) is 11.5 Å². The molecule has 0 saturated carbocycles. The Labute approximate surface area is 190 Å². The summed E-state index contributed by atoms with van der Waals surface area (Å²) in [5.41, 5.74) is 6.90. The van der Waals surface area contributed by atoms with E-state index in [-0.39, 0.29) is 46.5 Å². The Morgan fingerprint density at radius 3 is 2.48 bits per heavy atom. The summed E-state index contributed by atoms with van der Waals surface area (Å²) in [4.78, 5) is 26.8. The smallest absolute Gasteiger partial charge is 0.268 e. The molecule has 3 rings (SSSR count). The Morgan fingerprint density at radius 1 is 1.09 bits per heavy atom. The number of aryl methyl sites for hydroxylation is 1. The number of para-hydroxylation sites is 1. The fourth-order valence-corrected chi connectivity index (χ4v) is 3.23. The van der Waals surface area contributed by atoms with Crippen LogP contribution in [0.5, 0.6) is 11.5 Å². The van der Waals surface area contributed by atoms with Gasteiger partial charge in [-0.1, -0.05) is 24.3 Å². The molecule has 0 saturated heterocycles. The third-order valence-electron chi connectivity index (χ3n) is 4.78. The second-order valence-corrected chi connectivity index (χ2v) is 6.96. The van der Waals surface area contributed by atoms with Crippen molar-refractivity contribution in [2.24, 2.45) is 0 Å². The van der Waals surface area contributed by atoms with E-state index in [1.54, 1.807) is 25.1 Å². The third kappa shape index (κ3) is 4.94. The summed E-state index contributed by atoms with van der Waals surface area (Å²) in [6.07, 6.45) is 0. The lowest BCUT2D eigenvalue weighted by molar-refractivity contribution is -0.118. The quantitative estimate of drug-likeness (QED) is 0.507. The first-order valence-corrected chi connectivity index (χ1v) is 10.0. The van der Waals surface area contributed by atoms with Crippen molar-refractivity contribution in [3.63, 3.8) is 0 Å². The molecule has 0 fully saturated rings. The number of nitrogens with one attached hydrogen (secondary N) is 2. The summed E-state index contributed by atoms with van der Waals surface area (Å²) in [6, 6.07) is 15.8. The van der Waals surface area contributed by atoms with Crippen LogP contribution in [0, 0.1) is 29.6 Å². The number of nitrogen functional groups attached to an aromatic ring is 1. The summed E-state index contributed by atoms with van der Waals surface area (Å²) in [5.74, 6) is 0.0834. The molecule has 4 N–H and O–H groups in total. The third-order valence-corrected chi connectivity index (χ3v) is 4.78. The number of carbonyl (C=O) groups is 1. The molecule has 2 aromatic carbocycles. The Balaban J connectivity index is 1.92. The second kappa shape index (κ2) is 10.0. The van der Waals surface area contributed by atoms with Crippen molar-refractivity contribution in [3.05, 3.63) is 69.5 Å². The van der Waals surface area contributed by atoms with E-state index < -0.39 is 5.56 Å². The standard InChI is InChI=1S/C24H21N5O4/c1-3-32-20-10-15(22-16(11-25)23(27)29-24(31)17(22)12-26)8-9-19(20)33-13-21(30)28-18-7-5-4-6-14(18)2/h4-10H,3,13H2,1-2H3,(H,28,30)(H3,27,29,31). The molecule has 33 heavy (non-hydrogen) atoms. The average Bonchev–Trinajstić information content (AvgIpc) is 2.79. The normalized spacial score (nSPS) is 10.1. The van der Waals surface area contributed by atoms with Crippen LogP contribution in [-0.4, -0.2) is 24.1 Å². The fourth-order valence-electron chi connectivity index (χ4n) is 3.23. The molecule has 9 heteroatoms. The van der Waals surface area contributed by atoms with Crippen LogP contribution in [0.1, 0.15) is 23.6 Å². The number of amides is 1. The van der Waals surface area contributed by atoms with Crippen molar-refractivity contribution in [1.82, 2.24) is 4.98 Å². The molecule has 0 aliphatic rings. The van der Waals surface area contributed by atoms with E-state index in [9.17, 15) is 20.1 Å². The highest BCUT2D eigenvalue weighted by Crippen LogP contribution is 2.35. The van der Waals surface area contributed by atoms with E-state index in [0.717, 1.165) is 5.56 Å². The topological polar surface area (TPSA) is 154 Å². The molecule has 0 aliphatic carbocycles. The van der Waals surface area contributed by atoms with Gasteiger partial charge in [0.25, 0.3) is 11.5 Å². The SMILES string of the molecule is CCOc1cc(-c2c(C#N)c(N)[nH]c(=O)c2C#N)ccc1OCC(=O)Nc1ccccc1C. The monoisotopic (exact) mass is 443 g/mol. The number of carbonyl (C=O) groups excluding carboxylic acids is 1. The van der Waals surface area contributed by atoms with E-state index in [2.05, 4.69) is 10.3 Å². The van der Waals surface area contributed by atoms with E-state index in [4.69, 9.17) is 15.2 Å². The van der Waals surface area contributed by atoms with Crippen molar-refractivity contribution >= 4 is 17.4 Å². The predicted molar refractivity (Wildman–Crippen MR) is 123 cm³/mol. The van der Waals surface area contributed by atoms with Crippen LogP contribution in [0.2, 0.25) is 0 Å². The van der Waals surface area contributed by atoms with E-state index >= 15 is 0 Å². The minimum atomic E-state index is -0.699. The first kappa shape index (κ1) is 22.9. The highest BCUT2D eigenvalue weighted by atomic mass is 16.5. The zero-order chi connectivity index (χ0) is 24.0. The maximum atomic E-state index is 12.3. The van der Waals surface area contributed by atoms with Crippen molar-refractivity contribution in [1.29, 1.82) is 10.5 Å². The maximum Gasteiger partial charge on any atom is 0.268 e. The molecular formula is C24H21N5O4. The molecule has 0 unspecified atom stereocenters. The fraction of sp³-hybridized carbons (Fsp3) is 0.167. The number of H-pyrrole nitrogens is 1. The van der Waals surface area contributed by atoms with Crippen molar-refractivity contribution < 1.29 is 14.3 Å². The van der Waals surface area contributed by atoms with Crippen molar-refractivity contribution in [2.45, 2.75) is 13.8 Å². The first-order chi connectivity index (χ1) is 15.9. The van der Waals surface area contributed by atoms with Crippen molar-refractivity contribution in [3.8, 4) is 34.8 Å². The number of hydrogen-bond donors (Lipinski definition) is 3. The van der Waals surface area contributed by atoms with Gasteiger partial charge in [0.2, 0.25) is 0 Å². The van der Waals surface area contributed by atoms with Gasteiger partial charge in [-0.25, -0.2) is 0 Å². The summed E-state index contributed by atoms with van der Waals surface area (Å²) < 4.78 is 11.3. The zero-order valence-corrected chi connectivity index (χ0v) is 18.1. The number of nitriles is 2. The number of hydrogen-bond acceptors (Lipinski definition) is 7. The van der Waals surface area contributed by atoms with Crippen LogP contribution in [0.3, 0.4) is 0 Å². The second-order valence-electron chi connectivity index (χ2n) is 6.96. The summed E-state index contributed by atoms with van der Waals surface area (Å²) in [7, 11) is 0. The van der Waals surface area contributed by atoms with Crippen LogP contribution in [0.15, 0.2) is 47.3 Å². The van der Waals surface area contributed by atoms with E-state index in [1.165, 1.54) is 6.07 Å². The molecule has 0 aliphatic heterocycles. The minimum absolute atomic E-state index is 0.0279. The van der Waals surface area contributed by atoms with Gasteiger partial charge < -0.3 is 25.5 Å². The van der Waals surface area contributed by atoms with Gasteiger partial charge in [-0.05, 0) is 43.2 Å². The minimum Gasteiger partial charge on any atom is -0.490 e. The summed E-state index contributed by atoms with van der Waals surface area (Å²) in [5, 5.41) is 21.8. The number of nitrogens with two attached hydrogens (primary N) is 1. The number of anilines is 2. The lowest BCUT2D eigenvalue weighted by atomic mass is 9.96. The molecule has 0 bridgehead atoms. The highest BCUT2D eigenvalue weighted by molar-refractivity contribution is 5.92. The van der Waals surface area contributed by atoms with Gasteiger partial charge in [0.05, 0.1) is 6.61 Å².